The van der Waals surface area contributed by atoms with Crippen LogP contribution in [0.15, 0.2) is 48.8 Å². The third kappa shape index (κ3) is 2.89. The highest BCUT2D eigenvalue weighted by molar-refractivity contribution is 5.95. The second-order valence-corrected chi connectivity index (χ2v) is 5.31. The van der Waals surface area contributed by atoms with E-state index in [0.29, 0.717) is 5.56 Å². The van der Waals surface area contributed by atoms with Crippen molar-refractivity contribution < 1.29 is 4.79 Å². The number of nitrogens with zero attached hydrogens (tertiary/aromatic N) is 3. The van der Waals surface area contributed by atoms with Gasteiger partial charge in [0, 0.05) is 44.3 Å². The SMILES string of the molecule is Cc1ccncc1C(=O)N1CCN(c2ccccc2)CC1. The molecule has 1 aromatic carbocycles. The van der Waals surface area contributed by atoms with Crippen molar-refractivity contribution in [2.24, 2.45) is 0 Å². The van der Waals surface area contributed by atoms with Gasteiger partial charge in [-0.1, -0.05) is 18.2 Å². The van der Waals surface area contributed by atoms with Gasteiger partial charge in [0.15, 0.2) is 0 Å². The summed E-state index contributed by atoms with van der Waals surface area (Å²) in [5.74, 6) is 0.0910. The Labute approximate surface area is 125 Å². The lowest BCUT2D eigenvalue weighted by Gasteiger charge is -2.36. The van der Waals surface area contributed by atoms with Gasteiger partial charge in [-0.15, -0.1) is 0 Å². The molecule has 3 rings (SSSR count). The number of piperazine rings is 1. The van der Waals surface area contributed by atoms with Crippen molar-refractivity contribution in [3.63, 3.8) is 0 Å². The van der Waals surface area contributed by atoms with Gasteiger partial charge in [0.1, 0.15) is 0 Å². The standard InChI is InChI=1S/C17H19N3O/c1-14-7-8-18-13-16(14)17(21)20-11-9-19(10-12-20)15-5-3-2-4-6-15/h2-8,13H,9-12H2,1H3. The average molecular weight is 281 g/mol. The second-order valence-electron chi connectivity index (χ2n) is 5.31. The molecule has 0 saturated carbocycles. The summed E-state index contributed by atoms with van der Waals surface area (Å²) in [5, 5.41) is 0. The highest BCUT2D eigenvalue weighted by Gasteiger charge is 2.23. The van der Waals surface area contributed by atoms with Crippen molar-refractivity contribution in [3.05, 3.63) is 59.9 Å². The minimum atomic E-state index is 0.0910. The van der Waals surface area contributed by atoms with Crippen molar-refractivity contribution in [1.82, 2.24) is 9.88 Å². The fourth-order valence-corrected chi connectivity index (χ4v) is 2.66. The van der Waals surface area contributed by atoms with E-state index in [0.717, 1.165) is 31.7 Å². The topological polar surface area (TPSA) is 36.4 Å². The zero-order chi connectivity index (χ0) is 14.7. The molecule has 0 N–H and O–H groups in total. The second kappa shape index (κ2) is 5.95. The lowest BCUT2D eigenvalue weighted by molar-refractivity contribution is 0.0745. The largest absolute Gasteiger partial charge is 0.368 e. The maximum Gasteiger partial charge on any atom is 0.255 e. The van der Waals surface area contributed by atoms with E-state index in [4.69, 9.17) is 0 Å². The molecule has 0 aliphatic carbocycles. The molecule has 1 aliphatic rings. The number of hydrogen-bond acceptors (Lipinski definition) is 3. The van der Waals surface area contributed by atoms with Crippen molar-refractivity contribution in [2.45, 2.75) is 6.92 Å². The van der Waals surface area contributed by atoms with E-state index in [2.05, 4.69) is 22.0 Å². The van der Waals surface area contributed by atoms with Gasteiger partial charge in [-0.05, 0) is 30.7 Å². The van der Waals surface area contributed by atoms with Gasteiger partial charge < -0.3 is 9.80 Å². The molecule has 108 valence electrons. The molecule has 0 bridgehead atoms. The van der Waals surface area contributed by atoms with E-state index < -0.39 is 0 Å². The summed E-state index contributed by atoms with van der Waals surface area (Å²) in [6.45, 7) is 5.20. The average Bonchev–Trinajstić information content (AvgIpc) is 2.56. The molecule has 0 spiro atoms. The molecule has 1 aliphatic heterocycles. The van der Waals surface area contributed by atoms with Crippen LogP contribution in [0.25, 0.3) is 0 Å². The number of aromatic nitrogens is 1. The van der Waals surface area contributed by atoms with Crippen LogP contribution in [0.2, 0.25) is 0 Å². The van der Waals surface area contributed by atoms with Crippen LogP contribution in [0, 0.1) is 6.92 Å². The first-order chi connectivity index (χ1) is 10.3. The van der Waals surface area contributed by atoms with Gasteiger partial charge in [-0.25, -0.2) is 0 Å². The molecule has 1 aromatic heterocycles. The maximum atomic E-state index is 12.5. The summed E-state index contributed by atoms with van der Waals surface area (Å²) in [5.41, 5.74) is 2.92. The fourth-order valence-electron chi connectivity index (χ4n) is 2.66. The van der Waals surface area contributed by atoms with Crippen molar-refractivity contribution >= 4 is 11.6 Å². The molecule has 1 fully saturated rings. The number of aryl methyl sites for hydroxylation is 1. The quantitative estimate of drug-likeness (QED) is 0.848. The van der Waals surface area contributed by atoms with Crippen LogP contribution in [0.1, 0.15) is 15.9 Å². The lowest BCUT2D eigenvalue weighted by Crippen LogP contribution is -2.49. The minimum Gasteiger partial charge on any atom is -0.368 e. The normalized spacial score (nSPS) is 15.1. The first-order valence-electron chi connectivity index (χ1n) is 7.25. The Balaban J connectivity index is 1.66. The van der Waals surface area contributed by atoms with Gasteiger partial charge in [-0.3, -0.25) is 9.78 Å². The van der Waals surface area contributed by atoms with E-state index in [-0.39, 0.29) is 5.91 Å². The van der Waals surface area contributed by atoms with E-state index in [1.807, 2.05) is 36.1 Å². The Bertz CT molecular complexity index is 619. The van der Waals surface area contributed by atoms with Crippen molar-refractivity contribution in [2.75, 3.05) is 31.1 Å². The number of amides is 1. The molecule has 2 heterocycles. The molecule has 4 nitrogen and oxygen atoms in total. The van der Waals surface area contributed by atoms with Gasteiger partial charge >= 0.3 is 0 Å². The maximum absolute atomic E-state index is 12.5. The Morgan fingerprint density at radius 1 is 1.05 bits per heavy atom. The zero-order valence-corrected chi connectivity index (χ0v) is 12.2. The van der Waals surface area contributed by atoms with Crippen LogP contribution >= 0.6 is 0 Å². The number of para-hydroxylation sites is 1. The first-order valence-corrected chi connectivity index (χ1v) is 7.25. The highest BCUT2D eigenvalue weighted by atomic mass is 16.2. The third-order valence-electron chi connectivity index (χ3n) is 3.96. The summed E-state index contributed by atoms with van der Waals surface area (Å²) in [6.07, 6.45) is 3.39. The number of hydrogen-bond donors (Lipinski definition) is 0. The van der Waals surface area contributed by atoms with Crippen LogP contribution in [0.4, 0.5) is 5.69 Å². The molecule has 2 aromatic rings. The number of carbonyl (C=O) groups excluding carboxylic acids is 1. The predicted octanol–water partition coefficient (Wildman–Crippen LogP) is 2.35. The number of anilines is 1. The number of rotatable bonds is 2. The molecular weight excluding hydrogens is 262 g/mol. The molecule has 4 heteroatoms. The fraction of sp³-hybridized carbons (Fsp3) is 0.294. The molecular formula is C17H19N3O. The van der Waals surface area contributed by atoms with Crippen molar-refractivity contribution in [3.8, 4) is 0 Å². The highest BCUT2D eigenvalue weighted by Crippen LogP contribution is 2.17. The minimum absolute atomic E-state index is 0.0910. The van der Waals surface area contributed by atoms with Crippen molar-refractivity contribution in [1.29, 1.82) is 0 Å². The molecule has 21 heavy (non-hydrogen) atoms. The van der Waals surface area contributed by atoms with E-state index in [1.165, 1.54) is 5.69 Å². The van der Waals surface area contributed by atoms with Crippen LogP contribution in [-0.4, -0.2) is 42.0 Å². The first kappa shape index (κ1) is 13.6. The van der Waals surface area contributed by atoms with E-state index >= 15 is 0 Å². The summed E-state index contributed by atoms with van der Waals surface area (Å²) in [6, 6.07) is 12.2. The van der Waals surface area contributed by atoms with Crippen LogP contribution in [0.3, 0.4) is 0 Å². The van der Waals surface area contributed by atoms with Gasteiger partial charge in [0.05, 0.1) is 5.56 Å². The zero-order valence-electron chi connectivity index (χ0n) is 12.2. The molecule has 1 amide bonds. The van der Waals surface area contributed by atoms with E-state index in [9.17, 15) is 4.79 Å². The number of benzene rings is 1. The monoisotopic (exact) mass is 281 g/mol. The van der Waals surface area contributed by atoms with Crippen LogP contribution in [0.5, 0.6) is 0 Å². The summed E-state index contributed by atoms with van der Waals surface area (Å²) < 4.78 is 0. The summed E-state index contributed by atoms with van der Waals surface area (Å²) >= 11 is 0. The summed E-state index contributed by atoms with van der Waals surface area (Å²) in [7, 11) is 0. The predicted molar refractivity (Wildman–Crippen MR) is 83.5 cm³/mol. The van der Waals surface area contributed by atoms with Gasteiger partial charge in [0.2, 0.25) is 0 Å². The molecule has 1 saturated heterocycles. The van der Waals surface area contributed by atoms with E-state index in [1.54, 1.807) is 12.4 Å². The van der Waals surface area contributed by atoms with Crippen LogP contribution in [-0.2, 0) is 0 Å². The molecule has 0 atom stereocenters. The third-order valence-corrected chi connectivity index (χ3v) is 3.96. The molecule has 0 unspecified atom stereocenters. The summed E-state index contributed by atoms with van der Waals surface area (Å²) in [4.78, 5) is 20.8. The Hall–Kier alpha value is -2.36. The Kier molecular flexibility index (Phi) is 3.86. The Morgan fingerprint density at radius 2 is 1.76 bits per heavy atom. The van der Waals surface area contributed by atoms with Gasteiger partial charge in [0.25, 0.3) is 5.91 Å². The molecule has 0 radical (unpaired) electrons. The van der Waals surface area contributed by atoms with Gasteiger partial charge in [-0.2, -0.15) is 0 Å². The number of carbonyl (C=O) groups is 1. The number of pyridine rings is 1. The lowest BCUT2D eigenvalue weighted by atomic mass is 10.1. The van der Waals surface area contributed by atoms with Crippen LogP contribution < -0.4 is 4.90 Å². The Morgan fingerprint density at radius 3 is 2.43 bits per heavy atom. The smallest absolute Gasteiger partial charge is 0.255 e.